The Bertz CT molecular complexity index is 3160. The van der Waals surface area contributed by atoms with Crippen molar-refractivity contribution in [1.82, 2.24) is 39.9 Å². The molecule has 4 aromatic heterocycles. The Morgan fingerprint density at radius 3 is 1.68 bits per heavy atom. The number of nitrogens with one attached hydrogen (secondary N) is 2. The van der Waals surface area contributed by atoms with Crippen LogP contribution in [0.5, 0.6) is 11.8 Å². The first-order chi connectivity index (χ1) is 36.8. The lowest BCUT2D eigenvalue weighted by Crippen LogP contribution is -2.48. The maximum absolute atomic E-state index is 13.6. The highest BCUT2D eigenvalue weighted by molar-refractivity contribution is 6.05. The molecule has 0 radical (unpaired) electrons. The largest absolute Gasteiger partial charge is 0.475 e. The summed E-state index contributed by atoms with van der Waals surface area (Å²) in [5.41, 5.74) is -0.0188. The van der Waals surface area contributed by atoms with Gasteiger partial charge in [-0.1, -0.05) is 24.3 Å². The van der Waals surface area contributed by atoms with E-state index in [0.29, 0.717) is 62.8 Å². The number of benzene rings is 2. The number of carbonyl (C=O) groups is 2. The molecule has 3 fully saturated rings. The zero-order valence-electron chi connectivity index (χ0n) is 40.9. The van der Waals surface area contributed by atoms with Crippen LogP contribution in [0.3, 0.4) is 0 Å². The highest BCUT2D eigenvalue weighted by atomic mass is 19.4. The van der Waals surface area contributed by atoms with Crippen molar-refractivity contribution in [3.63, 3.8) is 0 Å². The van der Waals surface area contributed by atoms with E-state index >= 15 is 0 Å². The SMILES string of the molecule is CC1(C)OC[C@H](COc2cc(NC(=O)N3c4nc(-c5cccc(C(F)(F)F)c5)ncc4N4CC[C@H]3C4)ncn2)O1.O=C(Nc1cc(OC[C@H](O)CO)ncn1)N1c2nc(-c3cccc(C(F)(F)F)c3)ncc2N2CC[C@H]1C2. The number of nitrogens with zero attached hydrogens (tertiary/aromatic N) is 12. The van der Waals surface area contributed by atoms with Crippen LogP contribution >= 0.6 is 0 Å². The minimum absolute atomic E-state index is 0.0605. The lowest BCUT2D eigenvalue weighted by molar-refractivity contribution is -0.141. The van der Waals surface area contributed by atoms with Crippen molar-refractivity contribution in [3.8, 4) is 34.5 Å². The molecule has 4 N–H and O–H groups in total. The molecule has 6 aromatic rings. The first kappa shape index (κ1) is 52.4. The summed E-state index contributed by atoms with van der Waals surface area (Å²) in [5.74, 6) is 0.747. The summed E-state index contributed by atoms with van der Waals surface area (Å²) in [6, 6.07) is 10.9. The van der Waals surface area contributed by atoms with E-state index in [1.807, 2.05) is 18.7 Å². The molecule has 4 bridgehead atoms. The normalized spacial score (nSPS) is 19.4. The number of alkyl halides is 6. The maximum atomic E-state index is 13.6. The second-order valence-electron chi connectivity index (χ2n) is 18.7. The first-order valence-electron chi connectivity index (χ1n) is 24.1. The van der Waals surface area contributed by atoms with Crippen LogP contribution in [0.25, 0.3) is 22.8 Å². The standard InChI is InChI=1S/C26H26F3N7O4.C23H22F3N7O4/c1-25(2)39-13-18(40-25)12-38-21-9-20(31-14-32-21)33-24(37)36-17-6-7-35(11-17)19-10-30-22(34-23(19)36)15-4-3-5-16(8-15)26(27,28)29;24-23(25,26)14-3-1-2-13(6-14)20-27-8-17-21(31-20)33(15-4-5-32(17)9-15)22(36)30-18-7-19(29-12-28-18)37-11-16(35)10-34/h3-5,8-10,14,17-18H,6-7,11-13H2,1-2H3,(H,31,32,33,37);1-3,6-8,12,15-16,34-35H,4-5,9-11H2,(H,28,29,30,36)/t17-,18-;15-,16+/m00/s1. The second kappa shape index (κ2) is 21.2. The van der Waals surface area contributed by atoms with Crippen LogP contribution in [-0.2, 0) is 21.8 Å². The summed E-state index contributed by atoms with van der Waals surface area (Å²) in [5, 5.41) is 23.8. The molecule has 28 heteroatoms. The molecular weight excluding hydrogens is 1030 g/mol. The average molecular weight is 1080 g/mol. The van der Waals surface area contributed by atoms with Crippen LogP contribution < -0.4 is 39.7 Å². The molecule has 4 atom stereocenters. The van der Waals surface area contributed by atoms with Crippen molar-refractivity contribution >= 4 is 46.7 Å². The zero-order chi connectivity index (χ0) is 54.2. The number of carbonyl (C=O) groups excluding carboxylic acids is 2. The van der Waals surface area contributed by atoms with Crippen LogP contribution in [-0.4, -0.2) is 145 Å². The monoisotopic (exact) mass is 1070 g/mol. The fourth-order valence-electron chi connectivity index (χ4n) is 9.26. The molecule has 3 saturated heterocycles. The van der Waals surface area contributed by atoms with Crippen LogP contribution in [0.15, 0.2) is 85.7 Å². The highest BCUT2D eigenvalue weighted by Crippen LogP contribution is 2.42. The van der Waals surface area contributed by atoms with Gasteiger partial charge in [0.1, 0.15) is 49.7 Å². The molecule has 77 heavy (non-hydrogen) atoms. The lowest BCUT2D eigenvalue weighted by Gasteiger charge is -2.35. The van der Waals surface area contributed by atoms with Gasteiger partial charge in [0.25, 0.3) is 0 Å². The summed E-state index contributed by atoms with van der Waals surface area (Å²) in [6.07, 6.45) is -3.50. The quantitative estimate of drug-likeness (QED) is 0.102. The lowest BCUT2D eigenvalue weighted by atomic mass is 10.1. The van der Waals surface area contributed by atoms with E-state index in [1.165, 1.54) is 65.0 Å². The van der Waals surface area contributed by atoms with Gasteiger partial charge in [-0.3, -0.25) is 20.4 Å². The smallest absolute Gasteiger partial charge is 0.416 e. The van der Waals surface area contributed by atoms with Gasteiger partial charge in [0, 0.05) is 49.4 Å². The van der Waals surface area contributed by atoms with E-state index in [0.717, 1.165) is 24.3 Å². The molecule has 5 aliphatic heterocycles. The predicted octanol–water partition coefficient (Wildman–Crippen LogP) is 6.43. The molecule has 4 amide bonds. The van der Waals surface area contributed by atoms with Gasteiger partial charge in [-0.15, -0.1) is 0 Å². The Labute approximate surface area is 434 Å². The number of aromatic nitrogens is 8. The molecular formula is C49H48F6N14O8. The molecule has 9 heterocycles. The van der Waals surface area contributed by atoms with Crippen molar-refractivity contribution in [2.24, 2.45) is 0 Å². The van der Waals surface area contributed by atoms with Gasteiger partial charge in [0.2, 0.25) is 11.8 Å². The Kier molecular flexibility index (Phi) is 14.4. The van der Waals surface area contributed by atoms with E-state index in [1.54, 1.807) is 6.20 Å². The third kappa shape index (κ3) is 11.7. The number of anilines is 6. The minimum Gasteiger partial charge on any atom is -0.475 e. The molecule has 404 valence electrons. The molecule has 22 nitrogen and oxygen atoms in total. The molecule has 5 aliphatic rings. The zero-order valence-corrected chi connectivity index (χ0v) is 40.9. The Balaban J connectivity index is 0.000000175. The Morgan fingerprint density at radius 1 is 0.727 bits per heavy atom. The van der Waals surface area contributed by atoms with Gasteiger partial charge < -0.3 is 39.0 Å². The minimum atomic E-state index is -4.52. The van der Waals surface area contributed by atoms with Crippen molar-refractivity contribution in [3.05, 3.63) is 96.8 Å². The van der Waals surface area contributed by atoms with Crippen molar-refractivity contribution in [2.75, 3.05) is 82.8 Å². The van der Waals surface area contributed by atoms with Gasteiger partial charge in [-0.2, -0.15) is 26.3 Å². The number of amides is 4. The molecule has 0 aliphatic carbocycles. The second-order valence-corrected chi connectivity index (χ2v) is 18.7. The number of ether oxygens (including phenoxy) is 4. The third-order valence-corrected chi connectivity index (χ3v) is 12.9. The van der Waals surface area contributed by atoms with E-state index in [9.17, 15) is 41.0 Å². The number of halogens is 6. The maximum Gasteiger partial charge on any atom is 0.416 e. The van der Waals surface area contributed by atoms with E-state index in [2.05, 4.69) is 55.4 Å². The van der Waals surface area contributed by atoms with Crippen LogP contribution in [0.1, 0.15) is 37.8 Å². The number of aliphatic hydroxyl groups is 2. The average Bonchev–Trinajstić information content (AvgIpc) is 4.16. The molecule has 0 spiro atoms. The molecule has 0 saturated carbocycles. The topological polar surface area (TPSA) is 252 Å². The molecule has 11 rings (SSSR count). The van der Waals surface area contributed by atoms with Crippen LogP contribution in [0, 0.1) is 0 Å². The number of fused-ring (bicyclic) bond motifs is 8. The fourth-order valence-corrected chi connectivity index (χ4v) is 9.26. The van der Waals surface area contributed by atoms with Crippen LogP contribution in [0.2, 0.25) is 0 Å². The van der Waals surface area contributed by atoms with E-state index < -0.39 is 54.0 Å². The molecule has 0 unspecified atom stereocenters. The summed E-state index contributed by atoms with van der Waals surface area (Å²) >= 11 is 0. The Hall–Kier alpha value is -8.08. The van der Waals surface area contributed by atoms with Crippen molar-refractivity contribution < 1.29 is 65.1 Å². The predicted molar refractivity (Wildman–Crippen MR) is 262 cm³/mol. The van der Waals surface area contributed by atoms with Gasteiger partial charge in [-0.05, 0) is 51.0 Å². The summed E-state index contributed by atoms with van der Waals surface area (Å²) < 4.78 is 102. The van der Waals surface area contributed by atoms with E-state index in [-0.39, 0.29) is 83.4 Å². The van der Waals surface area contributed by atoms with Crippen LogP contribution in [0.4, 0.5) is 70.6 Å². The number of hydrogen-bond acceptors (Lipinski definition) is 18. The summed E-state index contributed by atoms with van der Waals surface area (Å²) in [4.78, 5) is 67.8. The third-order valence-electron chi connectivity index (χ3n) is 12.9. The number of urea groups is 2. The summed E-state index contributed by atoms with van der Waals surface area (Å²) in [6.45, 7) is 6.07. The van der Waals surface area contributed by atoms with E-state index in [4.69, 9.17) is 24.1 Å². The van der Waals surface area contributed by atoms with Gasteiger partial charge in [-0.25, -0.2) is 49.5 Å². The van der Waals surface area contributed by atoms with Gasteiger partial charge >= 0.3 is 24.4 Å². The molecule has 2 aromatic carbocycles. The summed E-state index contributed by atoms with van der Waals surface area (Å²) in [7, 11) is 0. The van der Waals surface area contributed by atoms with Gasteiger partial charge in [0.15, 0.2) is 29.1 Å². The Morgan fingerprint density at radius 2 is 1.22 bits per heavy atom. The van der Waals surface area contributed by atoms with Crippen molar-refractivity contribution in [1.29, 1.82) is 0 Å². The highest BCUT2D eigenvalue weighted by Gasteiger charge is 2.43. The number of hydrogen-bond donors (Lipinski definition) is 4. The number of aliphatic hydroxyl groups excluding tert-OH is 2. The number of rotatable bonds is 11. The first-order valence-corrected chi connectivity index (χ1v) is 24.1. The van der Waals surface area contributed by atoms with Crippen molar-refractivity contribution in [2.45, 2.75) is 69.1 Å². The van der Waals surface area contributed by atoms with Gasteiger partial charge in [0.05, 0.1) is 60.2 Å². The fraction of sp³-hybridized carbons (Fsp3) is 0.388.